The smallest absolute Gasteiger partial charge is 0.408 e. The van der Waals surface area contributed by atoms with Gasteiger partial charge in [-0.2, -0.15) is 0 Å². The summed E-state index contributed by atoms with van der Waals surface area (Å²) in [7, 11) is 1.27. The second-order valence-corrected chi connectivity index (χ2v) is 6.58. The fourth-order valence-electron chi connectivity index (χ4n) is 2.38. The molecule has 0 aliphatic carbocycles. The van der Waals surface area contributed by atoms with Gasteiger partial charge in [0.05, 0.1) is 7.11 Å². The quantitative estimate of drug-likeness (QED) is 0.495. The SMILES string of the molecule is COC(=O)[C@H](CC[C@H]1C[C@H](O)N(N)C1)NC(=O)OC(C)(C)C. The fourth-order valence-corrected chi connectivity index (χ4v) is 2.38. The maximum Gasteiger partial charge on any atom is 0.408 e. The van der Waals surface area contributed by atoms with Gasteiger partial charge in [-0.25, -0.2) is 14.6 Å². The maximum absolute atomic E-state index is 11.8. The number of hydrogen-bond donors (Lipinski definition) is 3. The largest absolute Gasteiger partial charge is 0.467 e. The standard InChI is InChI=1S/C14H27N3O5/c1-14(2,3)22-13(20)16-10(12(19)21-4)6-5-9-7-11(18)17(15)8-9/h9-11,18H,5-8,15H2,1-4H3,(H,16,20)/t9-,10-,11-/m0/s1. The summed E-state index contributed by atoms with van der Waals surface area (Å²) in [5.74, 6) is 5.27. The highest BCUT2D eigenvalue weighted by Gasteiger charge is 2.31. The van der Waals surface area contributed by atoms with Crippen LogP contribution in [0.15, 0.2) is 0 Å². The van der Waals surface area contributed by atoms with E-state index < -0.39 is 29.9 Å². The summed E-state index contributed by atoms with van der Waals surface area (Å²) in [5.41, 5.74) is -0.639. The number of carbonyl (C=O) groups excluding carboxylic acids is 2. The summed E-state index contributed by atoms with van der Waals surface area (Å²) in [6.07, 6.45) is 0.282. The molecule has 0 unspecified atom stereocenters. The Morgan fingerprint density at radius 1 is 1.45 bits per heavy atom. The number of hydrogen-bond acceptors (Lipinski definition) is 7. The van der Waals surface area contributed by atoms with Gasteiger partial charge in [-0.05, 0) is 46.0 Å². The number of hydrazine groups is 1. The average Bonchev–Trinajstić information content (AvgIpc) is 2.70. The van der Waals surface area contributed by atoms with E-state index in [1.54, 1.807) is 20.8 Å². The van der Waals surface area contributed by atoms with Crippen molar-refractivity contribution in [1.29, 1.82) is 0 Å². The first kappa shape index (κ1) is 18.7. The Morgan fingerprint density at radius 2 is 2.09 bits per heavy atom. The van der Waals surface area contributed by atoms with Crippen LogP contribution in [0.2, 0.25) is 0 Å². The van der Waals surface area contributed by atoms with E-state index in [1.165, 1.54) is 12.1 Å². The lowest BCUT2D eigenvalue weighted by molar-refractivity contribution is -0.143. The Balaban J connectivity index is 2.51. The number of ether oxygens (including phenoxy) is 2. The van der Waals surface area contributed by atoms with Crippen LogP contribution in [-0.2, 0) is 14.3 Å². The normalized spacial score (nSPS) is 23.9. The number of nitrogens with one attached hydrogen (secondary N) is 1. The molecule has 128 valence electrons. The van der Waals surface area contributed by atoms with Crippen molar-refractivity contribution >= 4 is 12.1 Å². The molecule has 0 saturated carbocycles. The van der Waals surface area contributed by atoms with Crippen molar-refractivity contribution in [3.05, 3.63) is 0 Å². The number of rotatable bonds is 5. The minimum atomic E-state index is -0.774. The first-order valence-electron chi connectivity index (χ1n) is 7.39. The molecule has 1 aliphatic rings. The van der Waals surface area contributed by atoms with Crippen molar-refractivity contribution in [2.45, 2.75) is 57.9 Å². The summed E-state index contributed by atoms with van der Waals surface area (Å²) >= 11 is 0. The molecule has 22 heavy (non-hydrogen) atoms. The predicted octanol–water partition coefficient (Wildman–Crippen LogP) is 0.347. The van der Waals surface area contributed by atoms with Gasteiger partial charge in [0.25, 0.3) is 0 Å². The fraction of sp³-hybridized carbons (Fsp3) is 0.857. The number of nitrogens with zero attached hydrogens (tertiary/aromatic N) is 1. The van der Waals surface area contributed by atoms with Crippen molar-refractivity contribution in [2.24, 2.45) is 11.8 Å². The molecule has 0 bridgehead atoms. The predicted molar refractivity (Wildman–Crippen MR) is 79.4 cm³/mol. The molecule has 0 aromatic carbocycles. The first-order chi connectivity index (χ1) is 10.1. The third-order valence-electron chi connectivity index (χ3n) is 3.44. The third-order valence-corrected chi connectivity index (χ3v) is 3.44. The Kier molecular flexibility index (Phi) is 6.58. The lowest BCUT2D eigenvalue weighted by Crippen LogP contribution is -2.44. The van der Waals surface area contributed by atoms with Crippen LogP contribution in [0.5, 0.6) is 0 Å². The number of esters is 1. The Labute approximate surface area is 130 Å². The van der Waals surface area contributed by atoms with Crippen molar-refractivity contribution in [3.8, 4) is 0 Å². The van der Waals surface area contributed by atoms with E-state index in [9.17, 15) is 14.7 Å². The molecule has 0 aromatic rings. The van der Waals surface area contributed by atoms with Gasteiger partial charge in [-0.15, -0.1) is 0 Å². The van der Waals surface area contributed by atoms with Crippen molar-refractivity contribution in [2.75, 3.05) is 13.7 Å². The van der Waals surface area contributed by atoms with E-state index in [1.807, 2.05) is 0 Å². The molecule has 0 spiro atoms. The van der Waals surface area contributed by atoms with Crippen LogP contribution in [0.3, 0.4) is 0 Å². The van der Waals surface area contributed by atoms with Crippen LogP contribution in [0, 0.1) is 5.92 Å². The van der Waals surface area contributed by atoms with E-state index in [-0.39, 0.29) is 5.92 Å². The van der Waals surface area contributed by atoms with E-state index in [2.05, 4.69) is 5.32 Å². The van der Waals surface area contributed by atoms with Crippen LogP contribution in [0.4, 0.5) is 4.79 Å². The van der Waals surface area contributed by atoms with Crippen molar-refractivity contribution in [3.63, 3.8) is 0 Å². The summed E-state index contributed by atoms with van der Waals surface area (Å²) < 4.78 is 9.85. The molecule has 3 atom stereocenters. The van der Waals surface area contributed by atoms with Crippen LogP contribution in [-0.4, -0.2) is 53.7 Å². The summed E-state index contributed by atoms with van der Waals surface area (Å²) in [6.45, 7) is 5.79. The van der Waals surface area contributed by atoms with Gasteiger partial charge >= 0.3 is 12.1 Å². The minimum Gasteiger partial charge on any atom is -0.467 e. The second-order valence-electron chi connectivity index (χ2n) is 6.58. The van der Waals surface area contributed by atoms with Crippen LogP contribution in [0.25, 0.3) is 0 Å². The zero-order valence-corrected chi connectivity index (χ0v) is 13.7. The topological polar surface area (TPSA) is 114 Å². The second kappa shape index (κ2) is 7.75. The van der Waals surface area contributed by atoms with Gasteiger partial charge in [0.1, 0.15) is 17.9 Å². The Hall–Kier alpha value is -1.38. The van der Waals surface area contributed by atoms with Gasteiger partial charge in [0.2, 0.25) is 0 Å². The minimum absolute atomic E-state index is 0.174. The molecule has 4 N–H and O–H groups in total. The number of amides is 1. The van der Waals surface area contributed by atoms with Gasteiger partial charge in [0, 0.05) is 6.54 Å². The van der Waals surface area contributed by atoms with Crippen LogP contribution < -0.4 is 11.2 Å². The molecule has 0 radical (unpaired) electrons. The summed E-state index contributed by atoms with van der Waals surface area (Å²) in [5, 5.41) is 13.5. The molecule has 1 saturated heterocycles. The highest BCUT2D eigenvalue weighted by Crippen LogP contribution is 2.23. The van der Waals surface area contributed by atoms with E-state index in [4.69, 9.17) is 15.3 Å². The number of aliphatic hydroxyl groups is 1. The van der Waals surface area contributed by atoms with Crippen molar-refractivity contribution in [1.82, 2.24) is 10.3 Å². The molecule has 1 rings (SSSR count). The number of alkyl carbamates (subject to hydrolysis) is 1. The molecule has 1 amide bonds. The van der Waals surface area contributed by atoms with E-state index in [0.717, 1.165) is 0 Å². The van der Waals surface area contributed by atoms with Crippen molar-refractivity contribution < 1.29 is 24.2 Å². The molecule has 1 fully saturated rings. The molecule has 0 aromatic heterocycles. The Bertz CT molecular complexity index is 386. The van der Waals surface area contributed by atoms with Gasteiger partial charge < -0.3 is 19.9 Å². The molecule has 1 aliphatic heterocycles. The number of methoxy groups -OCH3 is 1. The third kappa shape index (κ3) is 6.17. The summed E-state index contributed by atoms with van der Waals surface area (Å²) in [4.78, 5) is 23.5. The first-order valence-corrected chi connectivity index (χ1v) is 7.39. The van der Waals surface area contributed by atoms with Gasteiger partial charge in [0.15, 0.2) is 0 Å². The highest BCUT2D eigenvalue weighted by molar-refractivity contribution is 5.81. The van der Waals surface area contributed by atoms with Crippen LogP contribution >= 0.6 is 0 Å². The number of carbonyl (C=O) groups is 2. The lowest BCUT2D eigenvalue weighted by Gasteiger charge is -2.23. The lowest BCUT2D eigenvalue weighted by atomic mass is 9.99. The molecular formula is C14H27N3O5. The molecule has 8 heteroatoms. The maximum atomic E-state index is 11.8. The zero-order valence-electron chi connectivity index (χ0n) is 13.7. The van der Waals surface area contributed by atoms with Crippen LogP contribution in [0.1, 0.15) is 40.0 Å². The number of nitrogens with two attached hydrogens (primary N) is 1. The molecule has 8 nitrogen and oxygen atoms in total. The highest BCUT2D eigenvalue weighted by atomic mass is 16.6. The zero-order chi connectivity index (χ0) is 16.9. The monoisotopic (exact) mass is 317 g/mol. The van der Waals surface area contributed by atoms with Gasteiger partial charge in [-0.3, -0.25) is 5.84 Å². The number of aliphatic hydroxyl groups excluding tert-OH is 1. The molecule has 1 heterocycles. The molecular weight excluding hydrogens is 290 g/mol. The van der Waals surface area contributed by atoms with E-state index in [0.29, 0.717) is 25.8 Å². The van der Waals surface area contributed by atoms with E-state index >= 15 is 0 Å². The Morgan fingerprint density at radius 3 is 2.55 bits per heavy atom. The van der Waals surface area contributed by atoms with Gasteiger partial charge in [-0.1, -0.05) is 0 Å². The summed E-state index contributed by atoms with van der Waals surface area (Å²) in [6, 6.07) is -0.774. The average molecular weight is 317 g/mol.